The molecule has 0 aliphatic carbocycles. The summed E-state index contributed by atoms with van der Waals surface area (Å²) in [5.74, 6) is 1.88. The second-order valence-electron chi connectivity index (χ2n) is 8.04. The van der Waals surface area contributed by atoms with Crippen molar-refractivity contribution in [3.63, 3.8) is 0 Å². The molecule has 4 aromatic rings. The largest absolute Gasteiger partial charge is 0.484 e. The fraction of sp³-hybridized carbons (Fsp3) is 0.240. The Labute approximate surface area is 205 Å². The Hall–Kier alpha value is -3.23. The molecule has 0 unspecified atom stereocenters. The Morgan fingerprint density at radius 2 is 1.76 bits per heavy atom. The molecule has 2 aromatic heterocycles. The first kappa shape index (κ1) is 22.6. The van der Waals surface area contributed by atoms with E-state index in [1.807, 2.05) is 11.8 Å². The Balaban J connectivity index is 1.28. The molecule has 0 saturated carbocycles. The maximum atomic E-state index is 13.3. The van der Waals surface area contributed by atoms with Crippen LogP contribution in [-0.4, -0.2) is 53.6 Å². The highest BCUT2D eigenvalue weighted by atomic mass is 35.5. The summed E-state index contributed by atoms with van der Waals surface area (Å²) in [6.45, 7) is 4.38. The minimum atomic E-state index is -0.257. The number of nitrogens with zero attached hydrogens (tertiary/aromatic N) is 4. The van der Waals surface area contributed by atoms with Crippen LogP contribution in [0.15, 0.2) is 54.6 Å². The van der Waals surface area contributed by atoms with Gasteiger partial charge in [-0.05, 0) is 55.0 Å². The van der Waals surface area contributed by atoms with Gasteiger partial charge < -0.3 is 14.5 Å². The van der Waals surface area contributed by atoms with Crippen LogP contribution in [-0.2, 0) is 4.79 Å². The summed E-state index contributed by atoms with van der Waals surface area (Å²) in [7, 11) is 0. The van der Waals surface area contributed by atoms with Gasteiger partial charge in [0.1, 0.15) is 28.0 Å². The number of hydrogen-bond donors (Lipinski definition) is 0. The summed E-state index contributed by atoms with van der Waals surface area (Å²) in [4.78, 5) is 27.9. The molecule has 174 valence electrons. The van der Waals surface area contributed by atoms with Crippen molar-refractivity contribution in [1.29, 1.82) is 0 Å². The molecule has 9 heteroatoms. The van der Waals surface area contributed by atoms with Gasteiger partial charge in [0, 0.05) is 36.1 Å². The predicted octanol–water partition coefficient (Wildman–Crippen LogP) is 5.19. The van der Waals surface area contributed by atoms with Gasteiger partial charge in [0.2, 0.25) is 0 Å². The molecule has 2 aromatic carbocycles. The van der Waals surface area contributed by atoms with E-state index in [9.17, 15) is 9.18 Å². The minimum Gasteiger partial charge on any atom is -0.484 e. The van der Waals surface area contributed by atoms with Crippen molar-refractivity contribution in [2.24, 2.45) is 0 Å². The molecule has 5 rings (SSSR count). The third-order valence-corrected chi connectivity index (χ3v) is 7.05. The summed E-state index contributed by atoms with van der Waals surface area (Å²) < 4.78 is 18.9. The van der Waals surface area contributed by atoms with E-state index in [1.165, 1.54) is 12.1 Å². The third kappa shape index (κ3) is 4.83. The molecule has 1 aliphatic heterocycles. The predicted molar refractivity (Wildman–Crippen MR) is 133 cm³/mol. The normalized spacial score (nSPS) is 14.0. The molecule has 0 radical (unpaired) electrons. The van der Waals surface area contributed by atoms with Gasteiger partial charge in [0.25, 0.3) is 5.91 Å². The maximum absolute atomic E-state index is 13.3. The molecule has 0 atom stereocenters. The highest BCUT2D eigenvalue weighted by Gasteiger charge is 2.24. The molecule has 0 spiro atoms. The van der Waals surface area contributed by atoms with Gasteiger partial charge in [0.05, 0.1) is 5.39 Å². The minimum absolute atomic E-state index is 0.00987. The van der Waals surface area contributed by atoms with Crippen LogP contribution in [0.1, 0.15) is 5.82 Å². The van der Waals surface area contributed by atoms with Gasteiger partial charge in [-0.15, -0.1) is 11.3 Å². The number of rotatable bonds is 5. The number of thiophene rings is 1. The van der Waals surface area contributed by atoms with Crippen molar-refractivity contribution >= 4 is 44.9 Å². The number of aryl methyl sites for hydroxylation is 1. The molecule has 1 fully saturated rings. The fourth-order valence-corrected chi connectivity index (χ4v) is 5.15. The number of piperazine rings is 1. The Morgan fingerprint density at radius 1 is 1.06 bits per heavy atom. The monoisotopic (exact) mass is 496 g/mol. The summed E-state index contributed by atoms with van der Waals surface area (Å²) in [5, 5.41) is 1.60. The lowest BCUT2D eigenvalue weighted by atomic mass is 10.1. The van der Waals surface area contributed by atoms with E-state index >= 15 is 0 Å². The number of aromatic nitrogens is 2. The number of carbonyl (C=O) groups excluding carboxylic acids is 1. The molecule has 3 heterocycles. The first-order chi connectivity index (χ1) is 16.5. The van der Waals surface area contributed by atoms with E-state index in [0.717, 1.165) is 26.5 Å². The van der Waals surface area contributed by atoms with Gasteiger partial charge >= 0.3 is 0 Å². The van der Waals surface area contributed by atoms with Gasteiger partial charge in [-0.25, -0.2) is 14.4 Å². The molecule has 6 nitrogen and oxygen atoms in total. The number of amides is 1. The van der Waals surface area contributed by atoms with E-state index in [4.69, 9.17) is 21.3 Å². The van der Waals surface area contributed by atoms with Crippen LogP contribution in [0.2, 0.25) is 5.02 Å². The van der Waals surface area contributed by atoms with Crippen LogP contribution in [0.3, 0.4) is 0 Å². The Morgan fingerprint density at radius 3 is 2.47 bits per heavy atom. The van der Waals surface area contributed by atoms with E-state index in [2.05, 4.69) is 16.0 Å². The lowest BCUT2D eigenvalue weighted by molar-refractivity contribution is -0.133. The van der Waals surface area contributed by atoms with Crippen molar-refractivity contribution in [2.45, 2.75) is 6.92 Å². The average molecular weight is 497 g/mol. The van der Waals surface area contributed by atoms with E-state index < -0.39 is 0 Å². The summed E-state index contributed by atoms with van der Waals surface area (Å²) in [6.07, 6.45) is 0. The average Bonchev–Trinajstić information content (AvgIpc) is 3.27. The first-order valence-electron chi connectivity index (χ1n) is 10.9. The van der Waals surface area contributed by atoms with Crippen molar-refractivity contribution in [1.82, 2.24) is 14.9 Å². The number of halogens is 2. The summed E-state index contributed by atoms with van der Waals surface area (Å²) in [6, 6.07) is 15.5. The van der Waals surface area contributed by atoms with E-state index in [1.54, 1.807) is 47.7 Å². The van der Waals surface area contributed by atoms with Crippen molar-refractivity contribution in [3.05, 3.63) is 71.3 Å². The molecular weight excluding hydrogens is 475 g/mol. The molecule has 34 heavy (non-hydrogen) atoms. The zero-order valence-electron chi connectivity index (χ0n) is 18.5. The number of carbonyl (C=O) groups is 1. The van der Waals surface area contributed by atoms with Gasteiger partial charge in [-0.2, -0.15) is 0 Å². The molecule has 0 bridgehead atoms. The lowest BCUT2D eigenvalue weighted by Crippen LogP contribution is -2.50. The maximum Gasteiger partial charge on any atom is 0.260 e. The molecule has 0 N–H and O–H groups in total. The third-order valence-electron chi connectivity index (χ3n) is 5.72. The quantitative estimate of drug-likeness (QED) is 0.380. The number of ether oxygens (including phenoxy) is 1. The number of hydrogen-bond acceptors (Lipinski definition) is 6. The van der Waals surface area contributed by atoms with Crippen molar-refractivity contribution in [2.75, 3.05) is 37.7 Å². The van der Waals surface area contributed by atoms with Crippen LogP contribution in [0.25, 0.3) is 20.7 Å². The second kappa shape index (κ2) is 9.56. The molecule has 1 saturated heterocycles. The van der Waals surface area contributed by atoms with E-state index in [-0.39, 0.29) is 18.3 Å². The van der Waals surface area contributed by atoms with Gasteiger partial charge in [0.15, 0.2) is 6.61 Å². The van der Waals surface area contributed by atoms with Crippen LogP contribution in [0, 0.1) is 12.7 Å². The van der Waals surface area contributed by atoms with E-state index in [0.29, 0.717) is 42.8 Å². The summed E-state index contributed by atoms with van der Waals surface area (Å²) >= 11 is 7.46. The highest BCUT2D eigenvalue weighted by Crippen LogP contribution is 2.37. The standard InChI is InChI=1S/C25H22ClFN4O2S/c1-16-28-24(21-14-22(34-25(21)29-16)17-2-6-19(27)7-3-17)31-12-10-30(11-13-31)23(32)15-33-20-8-4-18(26)5-9-20/h2-9,14H,10-13,15H2,1H3. The molecule has 1 amide bonds. The number of fused-ring (bicyclic) bond motifs is 1. The zero-order chi connectivity index (χ0) is 23.7. The van der Waals surface area contributed by atoms with Crippen molar-refractivity contribution < 1.29 is 13.9 Å². The van der Waals surface area contributed by atoms with Crippen LogP contribution >= 0.6 is 22.9 Å². The summed E-state index contributed by atoms with van der Waals surface area (Å²) in [5.41, 5.74) is 0.948. The highest BCUT2D eigenvalue weighted by molar-refractivity contribution is 7.21. The first-order valence-corrected chi connectivity index (χ1v) is 12.1. The van der Waals surface area contributed by atoms with Crippen molar-refractivity contribution in [3.8, 4) is 16.2 Å². The fourth-order valence-electron chi connectivity index (χ4n) is 3.94. The second-order valence-corrected chi connectivity index (χ2v) is 9.51. The SMILES string of the molecule is Cc1nc(N2CCN(C(=O)COc3ccc(Cl)cc3)CC2)c2cc(-c3ccc(F)cc3)sc2n1. The smallest absolute Gasteiger partial charge is 0.260 e. The van der Waals surface area contributed by atoms with Crippen LogP contribution < -0.4 is 9.64 Å². The van der Waals surface area contributed by atoms with Gasteiger partial charge in [-0.3, -0.25) is 4.79 Å². The lowest BCUT2D eigenvalue weighted by Gasteiger charge is -2.35. The van der Waals surface area contributed by atoms with Crippen LogP contribution in [0.5, 0.6) is 5.75 Å². The number of anilines is 1. The van der Waals surface area contributed by atoms with Gasteiger partial charge in [-0.1, -0.05) is 23.7 Å². The van der Waals surface area contributed by atoms with Crippen LogP contribution in [0.4, 0.5) is 10.2 Å². The Kier molecular flexibility index (Phi) is 6.34. The number of benzene rings is 2. The molecular formula is C25H22ClFN4O2S. The Bertz CT molecular complexity index is 1320. The molecule has 1 aliphatic rings. The topological polar surface area (TPSA) is 58.6 Å². The zero-order valence-corrected chi connectivity index (χ0v) is 20.1.